The molecule has 0 saturated carbocycles. The zero-order valence-corrected chi connectivity index (χ0v) is 15.9. The molecule has 28 heavy (non-hydrogen) atoms. The van der Waals surface area contributed by atoms with E-state index in [1.54, 1.807) is 73.4 Å². The Bertz CT molecular complexity index is 1010. The number of nitrogens with one attached hydrogen (secondary N) is 2. The van der Waals surface area contributed by atoms with Crippen LogP contribution in [-0.4, -0.2) is 26.7 Å². The van der Waals surface area contributed by atoms with Crippen molar-refractivity contribution in [1.29, 1.82) is 0 Å². The van der Waals surface area contributed by atoms with Gasteiger partial charge in [0.25, 0.3) is 5.91 Å². The predicted octanol–water partition coefficient (Wildman–Crippen LogP) is 3.66. The molecule has 1 heterocycles. The average Bonchev–Trinajstić information content (AvgIpc) is 3.20. The van der Waals surface area contributed by atoms with Crippen LogP contribution >= 0.6 is 0 Å². The Balaban J connectivity index is 1.72. The third kappa shape index (κ3) is 4.03. The molecule has 0 fully saturated rings. The van der Waals surface area contributed by atoms with Crippen molar-refractivity contribution in [1.82, 2.24) is 9.78 Å². The van der Waals surface area contributed by atoms with Gasteiger partial charge >= 0.3 is 0 Å². The highest BCUT2D eigenvalue weighted by atomic mass is 16.3. The van der Waals surface area contributed by atoms with Crippen LogP contribution < -0.4 is 10.6 Å². The molecule has 1 aromatic heterocycles. The number of phenolic OH excluding ortho intramolecular Hbond substituents is 1. The van der Waals surface area contributed by atoms with Crippen LogP contribution in [-0.2, 0) is 4.79 Å². The molecule has 2 aromatic carbocycles. The molecule has 2 amide bonds. The number of nitrogens with zero attached hydrogens (tertiary/aromatic N) is 2. The van der Waals surface area contributed by atoms with Gasteiger partial charge in [-0.25, -0.2) is 0 Å². The Morgan fingerprint density at radius 2 is 1.79 bits per heavy atom. The van der Waals surface area contributed by atoms with E-state index < -0.39 is 11.9 Å². The number of hydrogen-bond donors (Lipinski definition) is 3. The van der Waals surface area contributed by atoms with Crippen molar-refractivity contribution in [2.75, 3.05) is 10.6 Å². The van der Waals surface area contributed by atoms with Crippen LogP contribution in [0.2, 0.25) is 0 Å². The number of carbonyl (C=O) groups is 2. The third-order valence-electron chi connectivity index (χ3n) is 4.64. The molecule has 3 N–H and O–H groups in total. The summed E-state index contributed by atoms with van der Waals surface area (Å²) in [6, 6.07) is 11.5. The number of phenols is 1. The second kappa shape index (κ2) is 7.96. The molecule has 0 aliphatic rings. The Hall–Kier alpha value is -3.61. The summed E-state index contributed by atoms with van der Waals surface area (Å²) in [5, 5.41) is 19.9. The molecule has 1 atom stereocenters. The minimum Gasteiger partial charge on any atom is -0.507 e. The highest BCUT2D eigenvalue weighted by molar-refractivity contribution is 6.06. The number of hydrogen-bond acceptors (Lipinski definition) is 4. The highest BCUT2D eigenvalue weighted by Crippen LogP contribution is 2.26. The van der Waals surface area contributed by atoms with E-state index in [0.717, 1.165) is 5.56 Å². The summed E-state index contributed by atoms with van der Waals surface area (Å²) < 4.78 is 1.56. The fraction of sp³-hybridized carbons (Fsp3) is 0.190. The molecule has 0 spiro atoms. The number of anilines is 2. The van der Waals surface area contributed by atoms with E-state index in [0.29, 0.717) is 16.9 Å². The molecule has 7 heteroatoms. The number of amides is 2. The lowest BCUT2D eigenvalue weighted by Gasteiger charge is -2.14. The van der Waals surface area contributed by atoms with Crippen LogP contribution in [0.1, 0.15) is 34.5 Å². The summed E-state index contributed by atoms with van der Waals surface area (Å²) in [6.45, 7) is 5.38. The maximum atomic E-state index is 12.5. The number of aromatic hydroxyl groups is 1. The van der Waals surface area contributed by atoms with Crippen LogP contribution in [0, 0.1) is 13.8 Å². The first-order chi connectivity index (χ1) is 13.4. The van der Waals surface area contributed by atoms with E-state index in [9.17, 15) is 14.7 Å². The van der Waals surface area contributed by atoms with Gasteiger partial charge in [0.15, 0.2) is 0 Å². The number of benzene rings is 2. The molecular weight excluding hydrogens is 356 g/mol. The Morgan fingerprint density at radius 1 is 1.07 bits per heavy atom. The second-order valence-corrected chi connectivity index (χ2v) is 6.59. The Labute approximate surface area is 163 Å². The number of aromatic nitrogens is 2. The predicted molar refractivity (Wildman–Crippen MR) is 108 cm³/mol. The molecule has 0 saturated heterocycles. The maximum Gasteiger partial charge on any atom is 0.259 e. The van der Waals surface area contributed by atoms with Gasteiger partial charge < -0.3 is 15.7 Å². The number of aryl methyl sites for hydroxylation is 1. The first-order valence-corrected chi connectivity index (χ1v) is 8.87. The highest BCUT2D eigenvalue weighted by Gasteiger charge is 2.16. The summed E-state index contributed by atoms with van der Waals surface area (Å²) in [5.74, 6) is -0.678. The monoisotopic (exact) mass is 378 g/mol. The van der Waals surface area contributed by atoms with Gasteiger partial charge in [-0.1, -0.05) is 12.1 Å². The number of carbonyl (C=O) groups excluding carboxylic acids is 2. The molecule has 0 aliphatic carbocycles. The van der Waals surface area contributed by atoms with Crippen molar-refractivity contribution in [2.45, 2.75) is 26.8 Å². The second-order valence-electron chi connectivity index (χ2n) is 6.59. The minimum absolute atomic E-state index is 0.0324. The summed E-state index contributed by atoms with van der Waals surface area (Å²) in [5.41, 5.74) is 2.83. The van der Waals surface area contributed by atoms with Crippen molar-refractivity contribution >= 4 is 23.2 Å². The van der Waals surface area contributed by atoms with Gasteiger partial charge in [0.05, 0.1) is 5.56 Å². The van der Waals surface area contributed by atoms with Gasteiger partial charge in [-0.3, -0.25) is 14.3 Å². The van der Waals surface area contributed by atoms with Gasteiger partial charge in [0.1, 0.15) is 11.8 Å². The normalized spacial score (nSPS) is 11.7. The Morgan fingerprint density at radius 3 is 2.46 bits per heavy atom. The van der Waals surface area contributed by atoms with Gasteiger partial charge in [-0.2, -0.15) is 5.10 Å². The van der Waals surface area contributed by atoms with Gasteiger partial charge in [0.2, 0.25) is 5.91 Å². The minimum atomic E-state index is -0.472. The van der Waals surface area contributed by atoms with Gasteiger partial charge in [0, 0.05) is 23.8 Å². The van der Waals surface area contributed by atoms with Crippen LogP contribution in [0.4, 0.5) is 11.4 Å². The van der Waals surface area contributed by atoms with E-state index >= 15 is 0 Å². The van der Waals surface area contributed by atoms with Crippen molar-refractivity contribution in [2.24, 2.45) is 0 Å². The standard InChI is InChI=1S/C21H22N4O3/c1-13-8-9-18(19(26)14(13)2)21(28)24-17-7-4-6-16(12-17)23-20(27)15(3)25-11-5-10-22-25/h4-12,15,26H,1-3H3,(H,23,27)(H,24,28). The summed E-state index contributed by atoms with van der Waals surface area (Å²) in [4.78, 5) is 24.9. The first kappa shape index (κ1) is 19.2. The lowest BCUT2D eigenvalue weighted by Crippen LogP contribution is -2.24. The third-order valence-corrected chi connectivity index (χ3v) is 4.64. The van der Waals surface area contributed by atoms with Crippen molar-refractivity contribution < 1.29 is 14.7 Å². The lowest BCUT2D eigenvalue weighted by atomic mass is 10.0. The van der Waals surface area contributed by atoms with Crippen molar-refractivity contribution in [3.63, 3.8) is 0 Å². The van der Waals surface area contributed by atoms with Crippen LogP contribution in [0.15, 0.2) is 54.9 Å². The first-order valence-electron chi connectivity index (χ1n) is 8.87. The zero-order valence-electron chi connectivity index (χ0n) is 15.9. The summed E-state index contributed by atoms with van der Waals surface area (Å²) in [7, 11) is 0. The van der Waals surface area contributed by atoms with Gasteiger partial charge in [-0.05, 0) is 62.2 Å². The van der Waals surface area contributed by atoms with E-state index in [2.05, 4.69) is 15.7 Å². The molecule has 0 bridgehead atoms. The largest absolute Gasteiger partial charge is 0.507 e. The van der Waals surface area contributed by atoms with E-state index in [1.807, 2.05) is 6.92 Å². The molecule has 144 valence electrons. The number of rotatable bonds is 5. The molecule has 1 unspecified atom stereocenters. The van der Waals surface area contributed by atoms with E-state index in [1.165, 1.54) is 0 Å². The smallest absolute Gasteiger partial charge is 0.259 e. The van der Waals surface area contributed by atoms with E-state index in [-0.39, 0.29) is 17.2 Å². The van der Waals surface area contributed by atoms with Crippen LogP contribution in [0.3, 0.4) is 0 Å². The zero-order chi connectivity index (χ0) is 20.3. The Kier molecular flexibility index (Phi) is 5.44. The molecule has 0 aliphatic heterocycles. The van der Waals surface area contributed by atoms with Crippen LogP contribution in [0.25, 0.3) is 0 Å². The fourth-order valence-electron chi connectivity index (χ4n) is 2.73. The SMILES string of the molecule is Cc1ccc(C(=O)Nc2cccc(NC(=O)C(C)n3cccn3)c2)c(O)c1C. The molecule has 3 rings (SSSR count). The molecule has 3 aromatic rings. The van der Waals surface area contributed by atoms with Crippen molar-refractivity contribution in [3.8, 4) is 5.75 Å². The van der Waals surface area contributed by atoms with Gasteiger partial charge in [-0.15, -0.1) is 0 Å². The maximum absolute atomic E-state index is 12.5. The lowest BCUT2D eigenvalue weighted by molar-refractivity contribution is -0.119. The molecular formula is C21H22N4O3. The van der Waals surface area contributed by atoms with E-state index in [4.69, 9.17) is 0 Å². The fourth-order valence-corrected chi connectivity index (χ4v) is 2.73. The quantitative estimate of drug-likeness (QED) is 0.631. The topological polar surface area (TPSA) is 96.3 Å². The molecule has 0 radical (unpaired) electrons. The van der Waals surface area contributed by atoms with Crippen molar-refractivity contribution in [3.05, 3.63) is 71.5 Å². The van der Waals surface area contributed by atoms with Crippen LogP contribution in [0.5, 0.6) is 5.75 Å². The molecule has 7 nitrogen and oxygen atoms in total. The average molecular weight is 378 g/mol. The summed E-state index contributed by atoms with van der Waals surface area (Å²) in [6.07, 6.45) is 3.33. The summed E-state index contributed by atoms with van der Waals surface area (Å²) >= 11 is 0.